The molecular weight excluding hydrogens is 336 g/mol. The molecule has 0 aliphatic rings. The quantitative estimate of drug-likeness (QED) is 0.706. The molecule has 0 aliphatic heterocycles. The molecule has 0 radical (unpaired) electrons. The molecule has 3 atom stereocenters. The summed E-state index contributed by atoms with van der Waals surface area (Å²) in [5, 5.41) is 10.7. The molecule has 1 unspecified atom stereocenters. The van der Waals surface area contributed by atoms with E-state index in [0.717, 1.165) is 5.56 Å². The second-order valence-corrected chi connectivity index (χ2v) is 8.80. The fourth-order valence-corrected chi connectivity index (χ4v) is 2.96. The standard InChI is InChI=1S/C19H26N2O3S/c1-19(2,3)25(23)21-17(18(22)16-11-7-8-12-20-16)14-24-13-15-9-5-4-6-10-15/h4-12,17-18,21-22H,13-14H2,1-3H3/t17-,18-,25?/m0/s1. The summed E-state index contributed by atoms with van der Waals surface area (Å²) in [5.41, 5.74) is 1.57. The molecule has 1 aromatic carbocycles. The average Bonchev–Trinajstić information content (AvgIpc) is 2.61. The Morgan fingerprint density at radius 1 is 1.16 bits per heavy atom. The van der Waals surface area contributed by atoms with Crippen LogP contribution in [-0.2, 0) is 22.7 Å². The fourth-order valence-electron chi connectivity index (χ4n) is 2.14. The van der Waals surface area contributed by atoms with Crippen molar-refractivity contribution in [3.63, 3.8) is 0 Å². The summed E-state index contributed by atoms with van der Waals surface area (Å²) in [6, 6.07) is 14.6. The van der Waals surface area contributed by atoms with Crippen LogP contribution in [0.15, 0.2) is 54.7 Å². The highest BCUT2D eigenvalue weighted by molar-refractivity contribution is 7.90. The van der Waals surface area contributed by atoms with Gasteiger partial charge < -0.3 is 14.4 Å². The predicted octanol–water partition coefficient (Wildman–Crippen LogP) is 2.75. The molecular formula is C19H26N2O3S. The summed E-state index contributed by atoms with van der Waals surface area (Å²) in [5.74, 6) is 0. The van der Waals surface area contributed by atoms with Crippen molar-refractivity contribution in [3.8, 4) is 0 Å². The molecule has 0 fully saturated rings. The Hall–Kier alpha value is -1.44. The number of benzene rings is 1. The van der Waals surface area contributed by atoms with Crippen LogP contribution in [0.5, 0.6) is 0 Å². The Balaban J connectivity index is 2.03. The third kappa shape index (κ3) is 6.41. The second kappa shape index (κ2) is 9.31. The first kappa shape index (κ1) is 19.9. The van der Waals surface area contributed by atoms with E-state index in [1.54, 1.807) is 18.3 Å². The van der Waals surface area contributed by atoms with E-state index in [-0.39, 0.29) is 6.61 Å². The Labute approximate surface area is 152 Å². The van der Waals surface area contributed by atoms with Gasteiger partial charge in [0.2, 0.25) is 0 Å². The molecule has 2 aromatic rings. The monoisotopic (exact) mass is 362 g/mol. The van der Waals surface area contributed by atoms with E-state index in [0.29, 0.717) is 12.3 Å². The number of hydrogen-bond donors (Lipinski definition) is 2. The second-order valence-electron chi connectivity index (χ2n) is 6.81. The predicted molar refractivity (Wildman–Crippen MR) is 100 cm³/mol. The lowest BCUT2D eigenvalue weighted by molar-refractivity contribution is 0.0467. The number of nitrogens with zero attached hydrogens (tertiary/aromatic N) is 1. The lowest BCUT2D eigenvalue weighted by Gasteiger charge is -2.30. The first-order chi connectivity index (χ1) is 11.9. The van der Waals surface area contributed by atoms with E-state index in [1.807, 2.05) is 57.2 Å². The maximum Gasteiger partial charge on any atom is 0.136 e. The van der Waals surface area contributed by atoms with Gasteiger partial charge in [0, 0.05) is 17.6 Å². The molecule has 1 heterocycles. The summed E-state index contributed by atoms with van der Waals surface area (Å²) >= 11 is -1.33. The SMILES string of the molecule is CC(C)(C)[S+]([O-])N[C@@H](COCc1ccccc1)[C@@H](O)c1ccccn1. The minimum atomic E-state index is -1.33. The van der Waals surface area contributed by atoms with Crippen LogP contribution in [0, 0.1) is 0 Å². The maximum atomic E-state index is 12.5. The summed E-state index contributed by atoms with van der Waals surface area (Å²) in [6.07, 6.45) is 0.713. The molecule has 0 amide bonds. The molecule has 25 heavy (non-hydrogen) atoms. The van der Waals surface area contributed by atoms with Gasteiger partial charge in [-0.3, -0.25) is 4.98 Å². The van der Waals surface area contributed by atoms with E-state index in [9.17, 15) is 9.66 Å². The molecule has 0 saturated heterocycles. The van der Waals surface area contributed by atoms with Gasteiger partial charge in [-0.15, -0.1) is 4.72 Å². The zero-order valence-corrected chi connectivity index (χ0v) is 15.7. The highest BCUT2D eigenvalue weighted by atomic mass is 32.2. The number of rotatable bonds is 8. The first-order valence-corrected chi connectivity index (χ1v) is 9.41. The van der Waals surface area contributed by atoms with Crippen LogP contribution in [-0.4, -0.2) is 32.0 Å². The Morgan fingerprint density at radius 3 is 2.44 bits per heavy atom. The minimum absolute atomic E-state index is 0.217. The normalized spacial score (nSPS) is 15.6. The minimum Gasteiger partial charge on any atom is -0.598 e. The summed E-state index contributed by atoms with van der Waals surface area (Å²) < 4.78 is 20.8. The van der Waals surface area contributed by atoms with Crippen molar-refractivity contribution in [1.82, 2.24) is 9.71 Å². The number of nitrogens with one attached hydrogen (secondary N) is 1. The number of hydrogen-bond acceptors (Lipinski definition) is 5. The van der Waals surface area contributed by atoms with Crippen LogP contribution in [0.3, 0.4) is 0 Å². The van der Waals surface area contributed by atoms with E-state index in [2.05, 4.69) is 9.71 Å². The van der Waals surface area contributed by atoms with Crippen molar-refractivity contribution >= 4 is 11.4 Å². The van der Waals surface area contributed by atoms with E-state index in [1.165, 1.54) is 0 Å². The molecule has 136 valence electrons. The lowest BCUT2D eigenvalue weighted by atomic mass is 10.1. The first-order valence-electron chi connectivity index (χ1n) is 8.26. The van der Waals surface area contributed by atoms with Gasteiger partial charge in [0.1, 0.15) is 16.9 Å². The van der Waals surface area contributed by atoms with Crippen LogP contribution < -0.4 is 4.72 Å². The molecule has 1 aromatic heterocycles. The summed E-state index contributed by atoms with van der Waals surface area (Å²) in [4.78, 5) is 4.19. The average molecular weight is 362 g/mol. The van der Waals surface area contributed by atoms with Crippen molar-refractivity contribution < 1.29 is 14.4 Å². The third-order valence-electron chi connectivity index (χ3n) is 3.60. The van der Waals surface area contributed by atoms with E-state index in [4.69, 9.17) is 4.74 Å². The Morgan fingerprint density at radius 2 is 1.84 bits per heavy atom. The number of ether oxygens (including phenoxy) is 1. The zero-order chi connectivity index (χ0) is 18.3. The van der Waals surface area contributed by atoms with Crippen molar-refractivity contribution in [2.45, 2.75) is 44.3 Å². The number of aromatic nitrogens is 1. The van der Waals surface area contributed by atoms with Gasteiger partial charge >= 0.3 is 0 Å². The number of aliphatic hydroxyl groups excluding tert-OH is 1. The summed E-state index contributed by atoms with van der Waals surface area (Å²) in [7, 11) is 0. The molecule has 0 spiro atoms. The smallest absolute Gasteiger partial charge is 0.136 e. The van der Waals surface area contributed by atoms with Crippen LogP contribution >= 0.6 is 0 Å². The van der Waals surface area contributed by atoms with E-state index >= 15 is 0 Å². The largest absolute Gasteiger partial charge is 0.598 e. The highest BCUT2D eigenvalue weighted by Gasteiger charge is 2.33. The van der Waals surface area contributed by atoms with Crippen molar-refractivity contribution in [2.75, 3.05) is 6.61 Å². The van der Waals surface area contributed by atoms with Gasteiger partial charge in [0.05, 0.1) is 18.9 Å². The van der Waals surface area contributed by atoms with Gasteiger partial charge in [-0.2, -0.15) is 0 Å². The van der Waals surface area contributed by atoms with Gasteiger partial charge in [0.15, 0.2) is 0 Å². The maximum absolute atomic E-state index is 12.5. The molecule has 0 aliphatic carbocycles. The molecule has 0 saturated carbocycles. The lowest BCUT2D eigenvalue weighted by Crippen LogP contribution is -2.49. The van der Waals surface area contributed by atoms with Gasteiger partial charge in [-0.25, -0.2) is 0 Å². The van der Waals surface area contributed by atoms with Crippen LogP contribution in [0.2, 0.25) is 0 Å². The van der Waals surface area contributed by atoms with Crippen LogP contribution in [0.1, 0.15) is 38.1 Å². The molecule has 6 heteroatoms. The van der Waals surface area contributed by atoms with Crippen molar-refractivity contribution in [3.05, 3.63) is 66.0 Å². The van der Waals surface area contributed by atoms with Crippen molar-refractivity contribution in [2.24, 2.45) is 0 Å². The molecule has 5 nitrogen and oxygen atoms in total. The number of aliphatic hydroxyl groups is 1. The topological polar surface area (TPSA) is 77.4 Å². The Bertz CT molecular complexity index is 620. The van der Waals surface area contributed by atoms with E-state index < -0.39 is 28.3 Å². The highest BCUT2D eigenvalue weighted by Crippen LogP contribution is 2.20. The van der Waals surface area contributed by atoms with Gasteiger partial charge in [-0.1, -0.05) is 36.4 Å². The third-order valence-corrected chi connectivity index (χ3v) is 5.22. The number of pyridine rings is 1. The summed E-state index contributed by atoms with van der Waals surface area (Å²) in [6.45, 7) is 6.28. The Kier molecular flexibility index (Phi) is 7.40. The zero-order valence-electron chi connectivity index (χ0n) is 14.9. The molecule has 2 rings (SSSR count). The van der Waals surface area contributed by atoms with Crippen LogP contribution in [0.25, 0.3) is 0 Å². The van der Waals surface area contributed by atoms with Gasteiger partial charge in [-0.05, 0) is 38.5 Å². The molecule has 2 N–H and O–H groups in total. The van der Waals surface area contributed by atoms with Crippen molar-refractivity contribution in [1.29, 1.82) is 0 Å². The molecule has 0 bridgehead atoms. The fraction of sp³-hybridized carbons (Fsp3) is 0.421. The van der Waals surface area contributed by atoms with Crippen LogP contribution in [0.4, 0.5) is 0 Å². The van der Waals surface area contributed by atoms with Gasteiger partial charge in [0.25, 0.3) is 0 Å².